The Hall–Kier alpha value is -1.47. The lowest BCUT2D eigenvalue weighted by Gasteiger charge is -2.24. The topological polar surface area (TPSA) is 80.5 Å². The van der Waals surface area contributed by atoms with Crippen molar-refractivity contribution < 1.29 is 13.9 Å². The van der Waals surface area contributed by atoms with Crippen molar-refractivity contribution in [3.05, 3.63) is 38.9 Å². The number of amides is 1. The number of carbonyl (C=O) groups is 1. The lowest BCUT2D eigenvalue weighted by Crippen LogP contribution is -2.38. The minimum Gasteiger partial charge on any atom is -0.338 e. The van der Waals surface area contributed by atoms with E-state index in [0.29, 0.717) is 5.75 Å². The summed E-state index contributed by atoms with van der Waals surface area (Å²) in [5.41, 5.74) is 0.0189. The van der Waals surface area contributed by atoms with Crippen LogP contribution < -0.4 is 0 Å². The van der Waals surface area contributed by atoms with Gasteiger partial charge in [0.25, 0.3) is 11.6 Å². The van der Waals surface area contributed by atoms with E-state index in [-0.39, 0.29) is 28.2 Å². The van der Waals surface area contributed by atoms with Gasteiger partial charge in [0.05, 0.1) is 4.92 Å². The van der Waals surface area contributed by atoms with Crippen molar-refractivity contribution >= 4 is 34.0 Å². The van der Waals surface area contributed by atoms with Gasteiger partial charge in [-0.15, -0.1) is 0 Å². The van der Waals surface area contributed by atoms with Crippen molar-refractivity contribution in [1.29, 1.82) is 0 Å². The summed E-state index contributed by atoms with van der Waals surface area (Å²) in [4.78, 5) is 23.7. The van der Waals surface area contributed by atoms with Crippen molar-refractivity contribution in [1.82, 2.24) is 4.90 Å². The average Bonchev–Trinajstić information content (AvgIpc) is 2.35. The zero-order valence-electron chi connectivity index (χ0n) is 11.3. The molecule has 0 N–H and O–H groups in total. The fourth-order valence-electron chi connectivity index (χ4n) is 1.64. The Kier molecular flexibility index (Phi) is 5.64. The number of halogens is 1. The maximum Gasteiger partial charge on any atom is 0.287 e. The Morgan fingerprint density at radius 3 is 2.60 bits per heavy atom. The minimum atomic E-state index is -1.01. The molecule has 0 unspecified atom stereocenters. The van der Waals surface area contributed by atoms with Crippen LogP contribution in [0, 0.1) is 10.1 Å². The molecule has 1 aromatic carbocycles. The number of carbonyl (C=O) groups excluding carboxylic acids is 1. The van der Waals surface area contributed by atoms with Crippen LogP contribution in [0.4, 0.5) is 5.69 Å². The molecule has 0 aliphatic rings. The summed E-state index contributed by atoms with van der Waals surface area (Å²) < 4.78 is 11.2. The van der Waals surface area contributed by atoms with Gasteiger partial charge >= 0.3 is 0 Å². The summed E-state index contributed by atoms with van der Waals surface area (Å²) in [6, 6.07) is 3.63. The number of benzene rings is 1. The van der Waals surface area contributed by atoms with Crippen LogP contribution in [0.15, 0.2) is 18.2 Å². The summed E-state index contributed by atoms with van der Waals surface area (Å²) in [7, 11) is 0.580. The van der Waals surface area contributed by atoms with E-state index in [1.807, 2.05) is 0 Å². The fourth-order valence-corrected chi connectivity index (χ4v) is 2.80. The number of nitro groups is 1. The normalized spacial score (nSPS) is 13.6. The monoisotopic (exact) mass is 318 g/mol. The maximum atomic E-state index is 12.2. The molecular formula is C12H15ClN2O4S. The quantitative estimate of drug-likeness (QED) is 0.615. The maximum absolute atomic E-state index is 12.2. The standard InChI is InChI=1S/C12H15ClN2O4S/c1-8(7-20(3)19)14(2)12(16)9-4-5-11(15(17)18)10(13)6-9/h4-6,8H,7H2,1-3H3/t8-,20+/m0/s1. The first-order valence-corrected chi connectivity index (χ1v) is 7.85. The van der Waals surface area contributed by atoms with Crippen LogP contribution in [-0.4, -0.2) is 45.0 Å². The van der Waals surface area contributed by atoms with E-state index in [2.05, 4.69) is 0 Å². The fraction of sp³-hybridized carbons (Fsp3) is 0.417. The van der Waals surface area contributed by atoms with Crippen LogP contribution in [0.1, 0.15) is 17.3 Å². The summed E-state index contributed by atoms with van der Waals surface area (Å²) in [6.45, 7) is 1.78. The molecule has 1 aromatic rings. The zero-order chi connectivity index (χ0) is 15.4. The second kappa shape index (κ2) is 6.81. The molecule has 2 atom stereocenters. The van der Waals surface area contributed by atoms with Crippen LogP contribution in [0.3, 0.4) is 0 Å². The molecule has 0 aromatic heterocycles. The smallest absolute Gasteiger partial charge is 0.287 e. The Balaban J connectivity index is 2.95. The number of hydrogen-bond donors (Lipinski definition) is 0. The van der Waals surface area contributed by atoms with Gasteiger partial charge in [0.15, 0.2) is 0 Å². The summed E-state index contributed by atoms with van der Waals surface area (Å²) in [6.07, 6.45) is 1.57. The lowest BCUT2D eigenvalue weighted by molar-refractivity contribution is -0.384. The van der Waals surface area contributed by atoms with E-state index in [1.165, 1.54) is 23.1 Å². The molecule has 1 amide bonds. The largest absolute Gasteiger partial charge is 0.338 e. The Labute approximate surface area is 124 Å². The highest BCUT2D eigenvalue weighted by atomic mass is 35.5. The summed E-state index contributed by atoms with van der Waals surface area (Å²) >= 11 is 5.78. The van der Waals surface area contributed by atoms with Crippen molar-refractivity contribution in [3.63, 3.8) is 0 Å². The number of rotatable bonds is 5. The predicted molar refractivity (Wildman–Crippen MR) is 78.6 cm³/mol. The van der Waals surface area contributed by atoms with Crippen LogP contribution in [0.5, 0.6) is 0 Å². The average molecular weight is 319 g/mol. The van der Waals surface area contributed by atoms with E-state index in [1.54, 1.807) is 20.2 Å². The van der Waals surface area contributed by atoms with Crippen molar-refractivity contribution in [3.8, 4) is 0 Å². The van der Waals surface area contributed by atoms with Gasteiger partial charge in [-0.3, -0.25) is 19.1 Å². The molecule has 0 saturated carbocycles. The van der Waals surface area contributed by atoms with Gasteiger partial charge in [0, 0.05) is 47.5 Å². The summed E-state index contributed by atoms with van der Waals surface area (Å²) in [5, 5.41) is 10.6. The molecule has 6 nitrogen and oxygen atoms in total. The van der Waals surface area contributed by atoms with Crippen LogP contribution >= 0.6 is 11.6 Å². The third-order valence-corrected chi connectivity index (χ3v) is 4.10. The van der Waals surface area contributed by atoms with Gasteiger partial charge in [-0.05, 0) is 19.1 Å². The third kappa shape index (κ3) is 4.01. The molecule has 0 aliphatic carbocycles. The molecule has 0 radical (unpaired) electrons. The van der Waals surface area contributed by atoms with Gasteiger partial charge in [-0.25, -0.2) is 0 Å². The molecule has 0 fully saturated rings. The Morgan fingerprint density at radius 1 is 1.55 bits per heavy atom. The molecule has 1 rings (SSSR count). The van der Waals surface area contributed by atoms with Gasteiger partial charge in [0.2, 0.25) is 0 Å². The number of nitrogens with zero attached hydrogens (tertiary/aromatic N) is 2. The molecule has 0 aliphatic heterocycles. The first-order valence-electron chi connectivity index (χ1n) is 5.75. The van der Waals surface area contributed by atoms with E-state index in [4.69, 9.17) is 11.6 Å². The third-order valence-electron chi connectivity index (χ3n) is 2.85. The minimum absolute atomic E-state index is 0.0824. The second-order valence-corrected chi connectivity index (χ2v) is 6.32. The van der Waals surface area contributed by atoms with Crippen LogP contribution in [0.2, 0.25) is 5.02 Å². The number of hydrogen-bond acceptors (Lipinski definition) is 4. The summed E-state index contributed by atoms with van der Waals surface area (Å²) in [5.74, 6) is 0.0444. The van der Waals surface area contributed by atoms with Crippen LogP contribution in [0.25, 0.3) is 0 Å². The number of nitro benzene ring substituents is 1. The molecule has 20 heavy (non-hydrogen) atoms. The molecule has 0 bridgehead atoms. The highest BCUT2D eigenvalue weighted by Crippen LogP contribution is 2.25. The molecule has 8 heteroatoms. The van der Waals surface area contributed by atoms with Crippen molar-refractivity contribution in [2.45, 2.75) is 13.0 Å². The molecule has 0 saturated heterocycles. The zero-order valence-corrected chi connectivity index (χ0v) is 12.9. The van der Waals surface area contributed by atoms with Crippen LogP contribution in [-0.2, 0) is 10.8 Å². The molecule has 0 spiro atoms. The molecular weight excluding hydrogens is 304 g/mol. The second-order valence-electron chi connectivity index (χ2n) is 4.43. The van der Waals surface area contributed by atoms with E-state index in [9.17, 15) is 19.1 Å². The van der Waals surface area contributed by atoms with Gasteiger partial charge < -0.3 is 4.90 Å². The van der Waals surface area contributed by atoms with Crippen molar-refractivity contribution in [2.24, 2.45) is 0 Å². The molecule has 110 valence electrons. The first kappa shape index (κ1) is 16.6. The van der Waals surface area contributed by atoms with Gasteiger partial charge in [-0.1, -0.05) is 11.6 Å². The highest BCUT2D eigenvalue weighted by Gasteiger charge is 2.21. The molecule has 0 heterocycles. The predicted octanol–water partition coefficient (Wildman–Crippen LogP) is 2.09. The Morgan fingerprint density at radius 2 is 2.15 bits per heavy atom. The SMILES string of the molecule is C[C@@H](C[S@@](C)=O)N(C)C(=O)c1ccc([N+](=O)[O-])c(Cl)c1. The van der Waals surface area contributed by atoms with Crippen molar-refractivity contribution in [2.75, 3.05) is 19.1 Å². The van der Waals surface area contributed by atoms with E-state index < -0.39 is 15.7 Å². The first-order chi connectivity index (χ1) is 9.23. The van der Waals surface area contributed by atoms with Gasteiger partial charge in [-0.2, -0.15) is 0 Å². The van der Waals surface area contributed by atoms with E-state index in [0.717, 1.165) is 0 Å². The highest BCUT2D eigenvalue weighted by molar-refractivity contribution is 7.84. The van der Waals surface area contributed by atoms with Gasteiger partial charge in [0.1, 0.15) is 5.02 Å². The van der Waals surface area contributed by atoms with E-state index >= 15 is 0 Å². The lowest BCUT2D eigenvalue weighted by atomic mass is 10.1. The Bertz CT molecular complexity index is 564.